The lowest BCUT2D eigenvalue weighted by atomic mass is 10.0. The Hall–Kier alpha value is -2.04. The van der Waals surface area contributed by atoms with Gasteiger partial charge in [-0.05, 0) is 25.8 Å². The van der Waals surface area contributed by atoms with Crippen LogP contribution in [0.5, 0.6) is 5.75 Å². The number of hydrogen-bond donors (Lipinski definition) is 1. The molecule has 5 nitrogen and oxygen atoms in total. The molecule has 5 heteroatoms. The molecule has 2 aliphatic heterocycles. The van der Waals surface area contributed by atoms with Crippen molar-refractivity contribution in [3.63, 3.8) is 0 Å². The van der Waals surface area contributed by atoms with Crippen LogP contribution in [0.25, 0.3) is 0 Å². The molecule has 0 radical (unpaired) electrons. The second kappa shape index (κ2) is 4.76. The van der Waals surface area contributed by atoms with Crippen LogP contribution in [0, 0.1) is 0 Å². The molecular weight excluding hydrogens is 270 g/mol. The van der Waals surface area contributed by atoms with Gasteiger partial charge in [-0.15, -0.1) is 0 Å². The minimum absolute atomic E-state index is 0.0998. The predicted octanol–water partition coefficient (Wildman–Crippen LogP) is 1.98. The van der Waals surface area contributed by atoms with Gasteiger partial charge in [-0.2, -0.15) is 0 Å². The highest BCUT2D eigenvalue weighted by molar-refractivity contribution is 5.87. The molecule has 0 aromatic heterocycles. The number of para-hydroxylation sites is 1. The molecule has 1 fully saturated rings. The summed E-state index contributed by atoms with van der Waals surface area (Å²) < 4.78 is 5.98. The van der Waals surface area contributed by atoms with Crippen molar-refractivity contribution in [2.45, 2.75) is 51.3 Å². The summed E-state index contributed by atoms with van der Waals surface area (Å²) in [5.41, 5.74) is 1.76. The molecule has 1 N–H and O–H groups in total. The summed E-state index contributed by atoms with van der Waals surface area (Å²) in [6, 6.07) is 5.15. The summed E-state index contributed by atoms with van der Waals surface area (Å²) in [5.74, 6) is -0.224. The van der Waals surface area contributed by atoms with Crippen LogP contribution in [0.15, 0.2) is 18.2 Å². The first kappa shape index (κ1) is 13.9. The van der Waals surface area contributed by atoms with Crippen LogP contribution in [-0.2, 0) is 22.6 Å². The van der Waals surface area contributed by atoms with E-state index in [1.54, 1.807) is 0 Å². The molecule has 1 amide bonds. The molecule has 3 rings (SSSR count). The lowest BCUT2D eigenvalue weighted by Gasteiger charge is -2.23. The number of nitrogens with zero attached hydrogens (tertiary/aromatic N) is 1. The maximum atomic E-state index is 11.9. The van der Waals surface area contributed by atoms with E-state index in [1.807, 2.05) is 32.0 Å². The summed E-state index contributed by atoms with van der Waals surface area (Å²) in [7, 11) is 0. The average Bonchev–Trinajstić information content (AvgIpc) is 2.89. The van der Waals surface area contributed by atoms with E-state index >= 15 is 0 Å². The first-order chi connectivity index (χ1) is 9.87. The highest BCUT2D eigenvalue weighted by Gasteiger charge is 2.38. The number of rotatable bonds is 3. The zero-order chi connectivity index (χ0) is 15.2. The van der Waals surface area contributed by atoms with E-state index < -0.39 is 12.0 Å². The van der Waals surface area contributed by atoms with Crippen LogP contribution in [0.2, 0.25) is 0 Å². The molecule has 0 bridgehead atoms. The molecular formula is C16H19NO4. The number of carbonyl (C=O) groups excluding carboxylic acids is 1. The van der Waals surface area contributed by atoms with Gasteiger partial charge in [0.05, 0.1) is 6.54 Å². The lowest BCUT2D eigenvalue weighted by molar-refractivity contribution is -0.146. The number of carboxylic acid groups (broad SMARTS) is 1. The van der Waals surface area contributed by atoms with Gasteiger partial charge in [-0.25, -0.2) is 4.79 Å². The minimum atomic E-state index is -0.935. The van der Waals surface area contributed by atoms with Gasteiger partial charge < -0.3 is 14.7 Å². The van der Waals surface area contributed by atoms with Crippen molar-refractivity contribution in [2.75, 3.05) is 0 Å². The van der Waals surface area contributed by atoms with Crippen molar-refractivity contribution in [2.24, 2.45) is 0 Å². The normalized spacial score (nSPS) is 23.0. The topological polar surface area (TPSA) is 66.8 Å². The number of carbonyl (C=O) groups is 2. The Labute approximate surface area is 123 Å². The number of benzene rings is 1. The molecule has 1 unspecified atom stereocenters. The van der Waals surface area contributed by atoms with Gasteiger partial charge in [0.25, 0.3) is 0 Å². The van der Waals surface area contributed by atoms with Crippen molar-refractivity contribution in [3.8, 4) is 5.75 Å². The number of ether oxygens (including phenoxy) is 1. The third-order valence-corrected chi connectivity index (χ3v) is 4.13. The maximum absolute atomic E-state index is 11.9. The van der Waals surface area contributed by atoms with Crippen LogP contribution in [0.1, 0.15) is 37.8 Å². The molecule has 2 heterocycles. The number of carboxylic acids is 1. The van der Waals surface area contributed by atoms with Gasteiger partial charge in [-0.1, -0.05) is 18.2 Å². The summed E-state index contributed by atoms with van der Waals surface area (Å²) in [6.45, 7) is 4.35. The van der Waals surface area contributed by atoms with Crippen LogP contribution in [-0.4, -0.2) is 33.5 Å². The summed E-state index contributed by atoms with van der Waals surface area (Å²) in [5, 5.41) is 9.23. The molecule has 112 valence electrons. The molecule has 21 heavy (non-hydrogen) atoms. The number of aliphatic carboxylic acids is 1. The van der Waals surface area contributed by atoms with Crippen LogP contribution in [0.4, 0.5) is 0 Å². The van der Waals surface area contributed by atoms with Crippen molar-refractivity contribution in [3.05, 3.63) is 29.3 Å². The SMILES string of the molecule is CC1(C)Cc2cccc(CN3C(=O)CCC3C(=O)O)c2O1. The molecule has 1 atom stereocenters. The molecule has 0 saturated carbocycles. The second-order valence-electron chi connectivity index (χ2n) is 6.36. The van der Waals surface area contributed by atoms with Crippen LogP contribution in [0.3, 0.4) is 0 Å². The summed E-state index contributed by atoms with van der Waals surface area (Å²) in [4.78, 5) is 24.7. The number of amides is 1. The number of likely N-dealkylation sites (tertiary alicyclic amines) is 1. The molecule has 1 aromatic carbocycles. The first-order valence-electron chi connectivity index (χ1n) is 7.19. The van der Waals surface area contributed by atoms with E-state index in [0.717, 1.165) is 23.3 Å². The number of fused-ring (bicyclic) bond motifs is 1. The maximum Gasteiger partial charge on any atom is 0.326 e. The van der Waals surface area contributed by atoms with Crippen molar-refractivity contribution >= 4 is 11.9 Å². The van der Waals surface area contributed by atoms with Crippen molar-refractivity contribution in [1.29, 1.82) is 0 Å². The Bertz CT molecular complexity index is 608. The number of hydrogen-bond acceptors (Lipinski definition) is 3. The Balaban J connectivity index is 1.88. The van der Waals surface area contributed by atoms with E-state index in [0.29, 0.717) is 19.4 Å². The standard InChI is InChI=1S/C16H19NO4/c1-16(2)8-10-4-3-5-11(14(10)21-16)9-17-12(15(19)20)6-7-13(17)18/h3-5,12H,6-9H2,1-2H3,(H,19,20). The smallest absolute Gasteiger partial charge is 0.326 e. The Kier molecular flexibility index (Phi) is 3.15. The average molecular weight is 289 g/mol. The monoisotopic (exact) mass is 289 g/mol. The molecule has 2 aliphatic rings. The van der Waals surface area contributed by atoms with Gasteiger partial charge >= 0.3 is 5.97 Å². The zero-order valence-corrected chi connectivity index (χ0v) is 12.3. The highest BCUT2D eigenvalue weighted by Crippen LogP contribution is 2.38. The van der Waals surface area contributed by atoms with Crippen LogP contribution < -0.4 is 4.74 Å². The molecule has 0 aliphatic carbocycles. The van der Waals surface area contributed by atoms with E-state index in [4.69, 9.17) is 4.74 Å². The van der Waals surface area contributed by atoms with Crippen LogP contribution >= 0.6 is 0 Å². The summed E-state index contributed by atoms with van der Waals surface area (Å²) >= 11 is 0. The fourth-order valence-corrected chi connectivity index (χ4v) is 3.18. The molecule has 0 spiro atoms. The van der Waals surface area contributed by atoms with Gasteiger partial charge in [0.2, 0.25) is 5.91 Å². The van der Waals surface area contributed by atoms with Gasteiger partial charge in [0.15, 0.2) is 0 Å². The minimum Gasteiger partial charge on any atom is -0.487 e. The Morgan fingerprint density at radius 2 is 2.24 bits per heavy atom. The molecule has 1 saturated heterocycles. The fourth-order valence-electron chi connectivity index (χ4n) is 3.18. The van der Waals surface area contributed by atoms with E-state index in [1.165, 1.54) is 4.90 Å². The van der Waals surface area contributed by atoms with Gasteiger partial charge in [0.1, 0.15) is 17.4 Å². The van der Waals surface area contributed by atoms with E-state index in [2.05, 4.69) is 0 Å². The molecule has 1 aromatic rings. The van der Waals surface area contributed by atoms with E-state index in [9.17, 15) is 14.7 Å². The Morgan fingerprint density at radius 1 is 1.48 bits per heavy atom. The lowest BCUT2D eigenvalue weighted by Crippen LogP contribution is -2.38. The first-order valence-corrected chi connectivity index (χ1v) is 7.19. The highest BCUT2D eigenvalue weighted by atomic mass is 16.5. The second-order valence-corrected chi connectivity index (χ2v) is 6.36. The van der Waals surface area contributed by atoms with Gasteiger partial charge in [0, 0.05) is 18.4 Å². The van der Waals surface area contributed by atoms with E-state index in [-0.39, 0.29) is 11.5 Å². The van der Waals surface area contributed by atoms with Crippen molar-refractivity contribution < 1.29 is 19.4 Å². The quantitative estimate of drug-likeness (QED) is 0.924. The predicted molar refractivity (Wildman–Crippen MR) is 76.1 cm³/mol. The summed E-state index contributed by atoms with van der Waals surface area (Å²) in [6.07, 6.45) is 1.51. The Morgan fingerprint density at radius 3 is 2.95 bits per heavy atom. The fraction of sp³-hybridized carbons (Fsp3) is 0.500. The third-order valence-electron chi connectivity index (χ3n) is 4.13. The largest absolute Gasteiger partial charge is 0.487 e. The third kappa shape index (κ3) is 2.48. The van der Waals surface area contributed by atoms with Crippen molar-refractivity contribution in [1.82, 2.24) is 4.90 Å². The van der Waals surface area contributed by atoms with Gasteiger partial charge in [-0.3, -0.25) is 4.79 Å². The zero-order valence-electron chi connectivity index (χ0n) is 12.3.